The molecule has 1 amide bonds. The first-order chi connectivity index (χ1) is 17.6. The van der Waals surface area contributed by atoms with Crippen LogP contribution in [0.3, 0.4) is 0 Å². The molecule has 1 aromatic heterocycles. The van der Waals surface area contributed by atoms with E-state index >= 15 is 0 Å². The minimum Gasteiger partial charge on any atom is -0.507 e. The van der Waals surface area contributed by atoms with Crippen LogP contribution in [-0.2, 0) is 21.4 Å². The van der Waals surface area contributed by atoms with Crippen molar-refractivity contribution in [3.05, 3.63) is 100 Å². The topological polar surface area (TPSA) is 70.5 Å². The first-order valence-electron chi connectivity index (χ1n) is 12.5. The number of hydrogen-bond donors (Lipinski definition) is 1. The van der Waals surface area contributed by atoms with Gasteiger partial charge in [-0.15, -0.1) is 0 Å². The summed E-state index contributed by atoms with van der Waals surface area (Å²) in [5, 5.41) is 11.8. The number of hydrogen-bond acceptors (Lipinski definition) is 5. The summed E-state index contributed by atoms with van der Waals surface area (Å²) < 4.78 is 0.955. The van der Waals surface area contributed by atoms with Crippen molar-refractivity contribution in [3.63, 3.8) is 0 Å². The maximum Gasteiger partial charge on any atom is 0.301 e. The fourth-order valence-corrected chi connectivity index (χ4v) is 5.71. The minimum absolute atomic E-state index is 0.0493. The number of carbonyl (C=O) groups excluding carboxylic acids is 2. The zero-order valence-corrected chi connectivity index (χ0v) is 22.5. The number of ketones is 1. The lowest BCUT2D eigenvalue weighted by atomic mass is 9.85. The number of aryl methyl sites for hydroxylation is 2. The van der Waals surface area contributed by atoms with Crippen LogP contribution in [0.1, 0.15) is 61.6 Å². The SMILES string of the molecule is CCc1ccc2nc(N3C(=O)C(=O)C(=C(O)c4ccc(C)cc4)[C@@H]3c3ccc(C(C)(C)C)cc3)sc2c1. The largest absolute Gasteiger partial charge is 0.507 e. The number of benzene rings is 3. The second kappa shape index (κ2) is 9.27. The maximum absolute atomic E-state index is 13.5. The third-order valence-electron chi connectivity index (χ3n) is 6.92. The van der Waals surface area contributed by atoms with Crippen molar-refractivity contribution >= 4 is 44.1 Å². The van der Waals surface area contributed by atoms with Gasteiger partial charge in [0.05, 0.1) is 21.8 Å². The first kappa shape index (κ1) is 24.9. The fourth-order valence-electron chi connectivity index (χ4n) is 4.66. The zero-order valence-electron chi connectivity index (χ0n) is 21.7. The second-order valence-corrected chi connectivity index (χ2v) is 11.6. The Morgan fingerprint density at radius 1 is 1.00 bits per heavy atom. The van der Waals surface area contributed by atoms with Crippen molar-refractivity contribution in [3.8, 4) is 0 Å². The highest BCUT2D eigenvalue weighted by atomic mass is 32.1. The number of carbonyl (C=O) groups is 2. The molecule has 0 radical (unpaired) electrons. The fraction of sp³-hybridized carbons (Fsp3) is 0.258. The van der Waals surface area contributed by atoms with Gasteiger partial charge in [0.1, 0.15) is 5.76 Å². The molecule has 1 N–H and O–H groups in total. The number of aliphatic hydroxyl groups is 1. The number of anilines is 1. The molecule has 0 aliphatic carbocycles. The molecule has 1 aliphatic rings. The Kier molecular flexibility index (Phi) is 6.24. The molecule has 0 spiro atoms. The van der Waals surface area contributed by atoms with Gasteiger partial charge in [-0.1, -0.05) is 99.2 Å². The zero-order chi connectivity index (χ0) is 26.5. The second-order valence-electron chi connectivity index (χ2n) is 10.6. The molecule has 188 valence electrons. The summed E-state index contributed by atoms with van der Waals surface area (Å²) in [5.74, 6) is -1.58. The van der Waals surface area contributed by atoms with Gasteiger partial charge in [-0.3, -0.25) is 14.5 Å². The molecular formula is C31H30N2O3S. The molecule has 2 heterocycles. The predicted octanol–water partition coefficient (Wildman–Crippen LogP) is 7.09. The van der Waals surface area contributed by atoms with Gasteiger partial charge in [0.25, 0.3) is 5.78 Å². The molecule has 0 unspecified atom stereocenters. The highest BCUT2D eigenvalue weighted by Crippen LogP contribution is 2.44. The van der Waals surface area contributed by atoms with Crippen LogP contribution in [0, 0.1) is 6.92 Å². The van der Waals surface area contributed by atoms with E-state index in [1.807, 2.05) is 55.5 Å². The summed E-state index contributed by atoms with van der Waals surface area (Å²) in [6.07, 6.45) is 0.893. The van der Waals surface area contributed by atoms with E-state index < -0.39 is 17.7 Å². The smallest absolute Gasteiger partial charge is 0.301 e. The van der Waals surface area contributed by atoms with Crippen LogP contribution in [0.25, 0.3) is 16.0 Å². The summed E-state index contributed by atoms with van der Waals surface area (Å²) in [6.45, 7) is 10.5. The number of fused-ring (bicyclic) bond motifs is 1. The average Bonchev–Trinajstić information content (AvgIpc) is 3.41. The number of aromatic nitrogens is 1. The van der Waals surface area contributed by atoms with Crippen LogP contribution >= 0.6 is 11.3 Å². The lowest BCUT2D eigenvalue weighted by Gasteiger charge is -2.24. The van der Waals surface area contributed by atoms with E-state index in [0.717, 1.165) is 33.3 Å². The van der Waals surface area contributed by atoms with Gasteiger partial charge < -0.3 is 5.11 Å². The molecule has 1 fully saturated rings. The quantitative estimate of drug-likeness (QED) is 0.181. The molecule has 1 atom stereocenters. The summed E-state index contributed by atoms with van der Waals surface area (Å²) in [5.41, 5.74) is 5.40. The van der Waals surface area contributed by atoms with Crippen LogP contribution in [-0.4, -0.2) is 21.8 Å². The molecule has 3 aromatic carbocycles. The number of nitrogens with zero attached hydrogens (tertiary/aromatic N) is 2. The van der Waals surface area contributed by atoms with E-state index in [0.29, 0.717) is 10.7 Å². The van der Waals surface area contributed by atoms with Gasteiger partial charge >= 0.3 is 5.91 Å². The van der Waals surface area contributed by atoms with Crippen molar-refractivity contribution in [1.29, 1.82) is 0 Å². The highest BCUT2D eigenvalue weighted by molar-refractivity contribution is 7.22. The van der Waals surface area contributed by atoms with Gasteiger partial charge in [-0.2, -0.15) is 0 Å². The van der Waals surface area contributed by atoms with E-state index in [1.54, 1.807) is 12.1 Å². The molecular weight excluding hydrogens is 480 g/mol. The minimum atomic E-state index is -0.790. The van der Waals surface area contributed by atoms with Crippen LogP contribution in [0.4, 0.5) is 5.13 Å². The summed E-state index contributed by atoms with van der Waals surface area (Å²) in [7, 11) is 0. The number of thiazole rings is 1. The normalized spacial score (nSPS) is 17.6. The molecule has 0 saturated carbocycles. The Bertz CT molecular complexity index is 1540. The van der Waals surface area contributed by atoms with Crippen molar-refractivity contribution in [2.45, 2.75) is 52.5 Å². The van der Waals surface area contributed by atoms with Gasteiger partial charge in [0.15, 0.2) is 5.13 Å². The molecule has 5 rings (SSSR count). The van der Waals surface area contributed by atoms with Gasteiger partial charge in [0, 0.05) is 5.56 Å². The van der Waals surface area contributed by atoms with Crippen molar-refractivity contribution in [2.75, 3.05) is 4.90 Å². The van der Waals surface area contributed by atoms with Crippen LogP contribution in [0.15, 0.2) is 72.3 Å². The highest BCUT2D eigenvalue weighted by Gasteiger charge is 2.48. The number of Topliss-reactive ketones (excluding diaryl/α,β-unsaturated/α-hetero) is 1. The lowest BCUT2D eigenvalue weighted by Crippen LogP contribution is -2.29. The molecule has 1 saturated heterocycles. The Hall–Kier alpha value is -3.77. The Balaban J connectivity index is 1.70. The molecule has 4 aromatic rings. The summed E-state index contributed by atoms with van der Waals surface area (Å²) in [6, 6.07) is 20.5. The maximum atomic E-state index is 13.5. The average molecular weight is 511 g/mol. The number of aliphatic hydroxyl groups excluding tert-OH is 1. The predicted molar refractivity (Wildman–Crippen MR) is 150 cm³/mol. The van der Waals surface area contributed by atoms with E-state index in [4.69, 9.17) is 4.98 Å². The van der Waals surface area contributed by atoms with Crippen LogP contribution in [0.5, 0.6) is 0 Å². The molecule has 0 bridgehead atoms. The third kappa shape index (κ3) is 4.46. The van der Waals surface area contributed by atoms with Gasteiger partial charge in [-0.05, 0) is 47.6 Å². The van der Waals surface area contributed by atoms with E-state index in [9.17, 15) is 14.7 Å². The molecule has 5 nitrogen and oxygen atoms in total. The summed E-state index contributed by atoms with van der Waals surface area (Å²) >= 11 is 1.38. The van der Waals surface area contributed by atoms with E-state index in [2.05, 4.69) is 33.8 Å². The van der Waals surface area contributed by atoms with Crippen molar-refractivity contribution in [1.82, 2.24) is 4.98 Å². The number of amides is 1. The Labute approximate surface area is 221 Å². The van der Waals surface area contributed by atoms with Crippen molar-refractivity contribution in [2.24, 2.45) is 0 Å². The van der Waals surface area contributed by atoms with E-state index in [1.165, 1.54) is 21.8 Å². The molecule has 37 heavy (non-hydrogen) atoms. The van der Waals surface area contributed by atoms with E-state index in [-0.39, 0.29) is 16.7 Å². The molecule has 1 aliphatic heterocycles. The summed E-state index contributed by atoms with van der Waals surface area (Å²) in [4.78, 5) is 33.2. The Morgan fingerprint density at radius 2 is 1.68 bits per heavy atom. The van der Waals surface area contributed by atoms with Crippen LogP contribution < -0.4 is 4.90 Å². The van der Waals surface area contributed by atoms with Gasteiger partial charge in [0.2, 0.25) is 0 Å². The third-order valence-corrected chi connectivity index (χ3v) is 7.94. The number of rotatable bonds is 4. The monoisotopic (exact) mass is 510 g/mol. The van der Waals surface area contributed by atoms with Crippen LogP contribution in [0.2, 0.25) is 0 Å². The molecule has 6 heteroatoms. The van der Waals surface area contributed by atoms with Gasteiger partial charge in [-0.25, -0.2) is 4.98 Å². The lowest BCUT2D eigenvalue weighted by molar-refractivity contribution is -0.132. The first-order valence-corrected chi connectivity index (χ1v) is 13.3. The standard InChI is InChI=1S/C31H30N2O3S/c1-6-19-9-16-23-24(17-19)37-30(32-23)33-26(20-12-14-22(15-13-20)31(3,4)5)25(28(35)29(33)36)27(34)21-10-7-18(2)8-11-21/h7-17,26,34H,6H2,1-5H3/t26-/m0/s1. The Morgan fingerprint density at radius 3 is 2.30 bits per heavy atom. The van der Waals surface area contributed by atoms with Crippen molar-refractivity contribution < 1.29 is 14.7 Å².